The van der Waals surface area contributed by atoms with E-state index in [-0.39, 0.29) is 11.7 Å². The molecule has 4 nitrogen and oxygen atoms in total. The van der Waals surface area contributed by atoms with Crippen LogP contribution < -0.4 is 5.32 Å². The summed E-state index contributed by atoms with van der Waals surface area (Å²) in [7, 11) is 2.91. The fraction of sp³-hybridized carbons (Fsp3) is 0.667. The van der Waals surface area contributed by atoms with Crippen LogP contribution in [-0.2, 0) is 14.3 Å². The minimum Gasteiger partial charge on any atom is -0.500 e. The summed E-state index contributed by atoms with van der Waals surface area (Å²) in [6.07, 6.45) is 3.30. The first-order chi connectivity index (χ1) is 6.26. The Labute approximate surface area is 78.9 Å². The highest BCUT2D eigenvalue weighted by molar-refractivity contribution is 5.91. The fourth-order valence-electron chi connectivity index (χ4n) is 0.767. The van der Waals surface area contributed by atoms with Gasteiger partial charge in [0, 0.05) is 6.54 Å². The number of ether oxygens (including phenoxy) is 2. The summed E-state index contributed by atoms with van der Waals surface area (Å²) in [4.78, 5) is 11.3. The number of hydrogen-bond donors (Lipinski definition) is 1. The van der Waals surface area contributed by atoms with Gasteiger partial charge in [-0.3, -0.25) is 4.79 Å². The van der Waals surface area contributed by atoms with Crippen molar-refractivity contribution >= 4 is 5.91 Å². The topological polar surface area (TPSA) is 47.6 Å². The van der Waals surface area contributed by atoms with Crippen molar-refractivity contribution in [2.45, 2.75) is 19.8 Å². The normalized spacial score (nSPS) is 10.8. The molecular formula is C9H17NO3. The number of amides is 1. The third-order valence-corrected chi connectivity index (χ3v) is 1.48. The van der Waals surface area contributed by atoms with E-state index < -0.39 is 0 Å². The molecule has 0 saturated heterocycles. The number of carbonyl (C=O) groups excluding carboxylic acids is 1. The van der Waals surface area contributed by atoms with Crippen LogP contribution in [0.4, 0.5) is 0 Å². The third kappa shape index (κ3) is 5.11. The highest BCUT2D eigenvalue weighted by atomic mass is 16.5. The largest absolute Gasteiger partial charge is 0.500 e. The van der Waals surface area contributed by atoms with E-state index in [1.165, 1.54) is 20.5 Å². The van der Waals surface area contributed by atoms with Crippen LogP contribution in [0.5, 0.6) is 0 Å². The van der Waals surface area contributed by atoms with Gasteiger partial charge in [0.05, 0.1) is 14.2 Å². The van der Waals surface area contributed by atoms with E-state index in [0.717, 1.165) is 12.8 Å². The van der Waals surface area contributed by atoms with E-state index in [1.807, 2.05) is 0 Å². The average Bonchev–Trinajstić information content (AvgIpc) is 2.14. The molecule has 0 heterocycles. The molecule has 0 rings (SSSR count). The monoisotopic (exact) mass is 187 g/mol. The summed E-state index contributed by atoms with van der Waals surface area (Å²) in [5, 5.41) is 2.71. The molecule has 0 aliphatic heterocycles. The number of methoxy groups -OCH3 is 2. The highest BCUT2D eigenvalue weighted by Crippen LogP contribution is 1.95. The van der Waals surface area contributed by atoms with Gasteiger partial charge in [-0.25, -0.2) is 0 Å². The summed E-state index contributed by atoms with van der Waals surface area (Å²) < 4.78 is 9.48. The molecule has 0 atom stereocenters. The Balaban J connectivity index is 3.85. The van der Waals surface area contributed by atoms with E-state index in [0.29, 0.717) is 6.54 Å². The third-order valence-electron chi connectivity index (χ3n) is 1.48. The van der Waals surface area contributed by atoms with Crippen molar-refractivity contribution in [3.05, 3.63) is 12.0 Å². The zero-order chi connectivity index (χ0) is 10.1. The van der Waals surface area contributed by atoms with Crippen molar-refractivity contribution in [3.8, 4) is 0 Å². The van der Waals surface area contributed by atoms with Crippen LogP contribution in [0.15, 0.2) is 12.0 Å². The lowest BCUT2D eigenvalue weighted by molar-refractivity contribution is -0.120. The van der Waals surface area contributed by atoms with Gasteiger partial charge in [-0.1, -0.05) is 13.3 Å². The number of nitrogens with one attached hydrogen (secondary N) is 1. The molecule has 76 valence electrons. The zero-order valence-corrected chi connectivity index (χ0v) is 8.42. The quantitative estimate of drug-likeness (QED) is 0.384. The Bertz CT molecular complexity index is 178. The summed E-state index contributed by atoms with van der Waals surface area (Å²) in [5.41, 5.74) is 0. The van der Waals surface area contributed by atoms with Crippen LogP contribution in [0.2, 0.25) is 0 Å². The van der Waals surface area contributed by atoms with Crippen molar-refractivity contribution in [2.75, 3.05) is 20.8 Å². The van der Waals surface area contributed by atoms with Crippen molar-refractivity contribution in [2.24, 2.45) is 0 Å². The van der Waals surface area contributed by atoms with Gasteiger partial charge < -0.3 is 14.8 Å². The number of unbranched alkanes of at least 4 members (excludes halogenated alkanes) is 1. The van der Waals surface area contributed by atoms with Gasteiger partial charge in [-0.2, -0.15) is 0 Å². The zero-order valence-electron chi connectivity index (χ0n) is 8.42. The lowest BCUT2D eigenvalue weighted by Crippen LogP contribution is -2.26. The molecular weight excluding hydrogens is 170 g/mol. The van der Waals surface area contributed by atoms with Crippen molar-refractivity contribution in [1.29, 1.82) is 0 Å². The molecule has 0 aromatic heterocycles. The summed E-state index contributed by atoms with van der Waals surface area (Å²) in [6, 6.07) is 0. The Hall–Kier alpha value is -1.19. The van der Waals surface area contributed by atoms with Crippen molar-refractivity contribution in [1.82, 2.24) is 5.32 Å². The lowest BCUT2D eigenvalue weighted by Gasteiger charge is -2.06. The minimum atomic E-state index is -0.238. The maximum absolute atomic E-state index is 11.3. The molecule has 0 aliphatic rings. The maximum Gasteiger partial charge on any atom is 0.289 e. The minimum absolute atomic E-state index is 0.193. The molecule has 4 heteroatoms. The first-order valence-electron chi connectivity index (χ1n) is 4.31. The number of hydrogen-bond acceptors (Lipinski definition) is 3. The summed E-state index contributed by atoms with van der Waals surface area (Å²) in [5.74, 6) is -0.0450. The Morgan fingerprint density at radius 2 is 2.15 bits per heavy atom. The molecule has 13 heavy (non-hydrogen) atoms. The van der Waals surface area contributed by atoms with E-state index in [4.69, 9.17) is 4.74 Å². The Kier molecular flexibility index (Phi) is 6.78. The molecule has 0 spiro atoms. The summed E-state index contributed by atoms with van der Waals surface area (Å²) in [6.45, 7) is 2.73. The SMILES string of the molecule is CCCCNC(=O)C(=COC)OC. The predicted octanol–water partition coefficient (Wildman–Crippen LogP) is 1.04. The van der Waals surface area contributed by atoms with E-state index in [9.17, 15) is 4.79 Å². The molecule has 0 saturated carbocycles. The van der Waals surface area contributed by atoms with Gasteiger partial charge in [-0.15, -0.1) is 0 Å². The van der Waals surface area contributed by atoms with Crippen LogP contribution in [0.25, 0.3) is 0 Å². The van der Waals surface area contributed by atoms with Crippen LogP contribution in [0.3, 0.4) is 0 Å². The second kappa shape index (κ2) is 7.46. The first kappa shape index (κ1) is 11.8. The molecule has 1 amide bonds. The molecule has 1 N–H and O–H groups in total. The highest BCUT2D eigenvalue weighted by Gasteiger charge is 2.08. The van der Waals surface area contributed by atoms with Gasteiger partial charge in [0.15, 0.2) is 0 Å². The molecule has 0 bridgehead atoms. The molecule has 0 aromatic rings. The maximum atomic E-state index is 11.3. The molecule has 0 aliphatic carbocycles. The van der Waals surface area contributed by atoms with Crippen molar-refractivity contribution < 1.29 is 14.3 Å². The van der Waals surface area contributed by atoms with Gasteiger partial charge in [-0.05, 0) is 6.42 Å². The van der Waals surface area contributed by atoms with Gasteiger partial charge in [0.2, 0.25) is 5.76 Å². The predicted molar refractivity (Wildman–Crippen MR) is 50.0 cm³/mol. The van der Waals surface area contributed by atoms with Crippen LogP contribution in [-0.4, -0.2) is 26.7 Å². The fourth-order valence-corrected chi connectivity index (χ4v) is 0.767. The van der Waals surface area contributed by atoms with E-state index >= 15 is 0 Å². The number of carbonyl (C=O) groups is 1. The average molecular weight is 187 g/mol. The molecule has 0 aromatic carbocycles. The Morgan fingerprint density at radius 3 is 2.62 bits per heavy atom. The Morgan fingerprint density at radius 1 is 1.46 bits per heavy atom. The standard InChI is InChI=1S/C9H17NO3/c1-4-5-6-10-9(11)8(13-3)7-12-2/h7H,4-6H2,1-3H3,(H,10,11). The van der Waals surface area contributed by atoms with Crippen molar-refractivity contribution in [3.63, 3.8) is 0 Å². The second-order valence-electron chi connectivity index (χ2n) is 2.53. The molecule has 0 unspecified atom stereocenters. The van der Waals surface area contributed by atoms with E-state index in [1.54, 1.807) is 0 Å². The van der Waals surface area contributed by atoms with Crippen LogP contribution >= 0.6 is 0 Å². The van der Waals surface area contributed by atoms with Gasteiger partial charge in [0.25, 0.3) is 5.91 Å². The first-order valence-corrected chi connectivity index (χ1v) is 4.31. The molecule has 0 radical (unpaired) electrons. The van der Waals surface area contributed by atoms with Crippen LogP contribution in [0.1, 0.15) is 19.8 Å². The van der Waals surface area contributed by atoms with Gasteiger partial charge >= 0.3 is 0 Å². The molecule has 0 fully saturated rings. The smallest absolute Gasteiger partial charge is 0.289 e. The summed E-state index contributed by atoms with van der Waals surface area (Å²) >= 11 is 0. The van der Waals surface area contributed by atoms with Crippen LogP contribution in [0, 0.1) is 0 Å². The second-order valence-corrected chi connectivity index (χ2v) is 2.53. The van der Waals surface area contributed by atoms with E-state index in [2.05, 4.69) is 17.0 Å². The van der Waals surface area contributed by atoms with Gasteiger partial charge in [0.1, 0.15) is 6.26 Å². The number of rotatable bonds is 6. The lowest BCUT2D eigenvalue weighted by atomic mass is 10.3.